The normalized spacial score (nSPS) is 28.0. The number of halogens is 3. The number of hydrogen-bond donors (Lipinski definition) is 2. The predicted octanol–water partition coefficient (Wildman–Crippen LogP) is 4.19. The number of hydrogen-bond acceptors (Lipinski definition) is 4. The van der Waals surface area contributed by atoms with Crippen molar-refractivity contribution in [2.24, 2.45) is 11.8 Å². The van der Waals surface area contributed by atoms with E-state index in [1.165, 1.54) is 24.3 Å². The summed E-state index contributed by atoms with van der Waals surface area (Å²) in [6.07, 6.45) is 1.49. The molecule has 0 saturated heterocycles. The largest absolute Gasteiger partial charge is 0.390 e. The Bertz CT molecular complexity index is 1120. The maximum atomic E-state index is 13.4. The molecule has 3 fully saturated rings. The van der Waals surface area contributed by atoms with Gasteiger partial charge in [-0.1, -0.05) is 11.6 Å². The molecule has 2 aromatic carbocycles. The van der Waals surface area contributed by atoms with E-state index in [9.17, 15) is 27.1 Å². The van der Waals surface area contributed by atoms with Gasteiger partial charge in [-0.25, -0.2) is 17.2 Å². The summed E-state index contributed by atoms with van der Waals surface area (Å²) in [7, 11) is -3.82. The molecule has 3 saturated carbocycles. The maximum absolute atomic E-state index is 13.4. The predicted molar refractivity (Wildman–Crippen MR) is 108 cm³/mol. The molecule has 4 atom stereocenters. The molecule has 30 heavy (non-hydrogen) atoms. The molecular formula is C21H20ClF2NO4S. The van der Waals surface area contributed by atoms with E-state index in [2.05, 4.69) is 5.32 Å². The van der Waals surface area contributed by atoms with Crippen molar-refractivity contribution in [1.29, 1.82) is 0 Å². The number of anilines is 1. The molecule has 5 rings (SSSR count). The molecule has 0 spiro atoms. The number of amides is 1. The fraction of sp³-hybridized carbons (Fsp3) is 0.381. The van der Waals surface area contributed by atoms with E-state index in [0.29, 0.717) is 12.8 Å². The van der Waals surface area contributed by atoms with Crippen molar-refractivity contribution in [3.63, 3.8) is 0 Å². The summed E-state index contributed by atoms with van der Waals surface area (Å²) in [5, 5.41) is 12.1. The average molecular weight is 456 g/mol. The highest BCUT2D eigenvalue weighted by Gasteiger charge is 2.57. The Morgan fingerprint density at radius 3 is 2.37 bits per heavy atom. The van der Waals surface area contributed by atoms with Crippen LogP contribution in [0.2, 0.25) is 5.02 Å². The highest BCUT2D eigenvalue weighted by molar-refractivity contribution is 7.92. The zero-order valence-corrected chi connectivity index (χ0v) is 17.6. The molecule has 0 heterocycles. The minimum Gasteiger partial charge on any atom is -0.390 e. The Hall–Kier alpha value is -2.03. The Kier molecular flexibility index (Phi) is 5.15. The van der Waals surface area contributed by atoms with Crippen LogP contribution in [0.3, 0.4) is 0 Å². The van der Waals surface area contributed by atoms with Crippen LogP contribution in [0, 0.1) is 23.5 Å². The topological polar surface area (TPSA) is 83.5 Å². The molecule has 3 aliphatic rings. The van der Waals surface area contributed by atoms with E-state index in [1.807, 2.05) is 0 Å². The quantitative estimate of drug-likeness (QED) is 0.724. The molecule has 0 radical (unpaired) electrons. The third kappa shape index (κ3) is 3.50. The lowest BCUT2D eigenvalue weighted by molar-refractivity contribution is -0.162. The minimum absolute atomic E-state index is 0.00498. The highest BCUT2D eigenvalue weighted by atomic mass is 35.5. The van der Waals surface area contributed by atoms with Gasteiger partial charge in [-0.2, -0.15) is 0 Å². The molecule has 0 aromatic heterocycles. The Labute approximate surface area is 178 Å². The van der Waals surface area contributed by atoms with Crippen molar-refractivity contribution in [3.8, 4) is 0 Å². The second-order valence-corrected chi connectivity index (χ2v) is 10.8. The van der Waals surface area contributed by atoms with E-state index in [1.54, 1.807) is 6.92 Å². The highest BCUT2D eigenvalue weighted by Crippen LogP contribution is 2.55. The smallest absolute Gasteiger partial charge is 0.255 e. The van der Waals surface area contributed by atoms with Crippen LogP contribution in [0.5, 0.6) is 0 Å². The maximum Gasteiger partial charge on any atom is 0.255 e. The SMILES string of the molecule is C[C@@]1(O)C2CC(S(=O)(=O)c3cc(C(=O)Nc4ccc(F)c(F)c4)ccc3Cl)C[C@@H]1C2. The summed E-state index contributed by atoms with van der Waals surface area (Å²) >= 11 is 6.16. The lowest BCUT2D eigenvalue weighted by atomic mass is 9.54. The van der Waals surface area contributed by atoms with Crippen LogP contribution >= 0.6 is 11.6 Å². The number of fused-ring (bicyclic) bond motifs is 2. The number of carbonyl (C=O) groups is 1. The molecule has 2 unspecified atom stereocenters. The van der Waals surface area contributed by atoms with Crippen molar-refractivity contribution in [3.05, 3.63) is 58.6 Å². The van der Waals surface area contributed by atoms with Crippen LogP contribution in [0.25, 0.3) is 0 Å². The third-order valence-corrected chi connectivity index (χ3v) is 9.09. The van der Waals surface area contributed by atoms with Crippen molar-refractivity contribution in [2.75, 3.05) is 5.32 Å². The van der Waals surface area contributed by atoms with Gasteiger partial charge >= 0.3 is 0 Å². The van der Waals surface area contributed by atoms with Crippen molar-refractivity contribution >= 4 is 33.0 Å². The van der Waals surface area contributed by atoms with Gasteiger partial charge in [0.2, 0.25) is 0 Å². The first-order valence-electron chi connectivity index (χ1n) is 9.52. The van der Waals surface area contributed by atoms with Crippen LogP contribution in [-0.4, -0.2) is 30.3 Å². The number of rotatable bonds is 4. The molecule has 3 aliphatic carbocycles. The summed E-state index contributed by atoms with van der Waals surface area (Å²) in [6, 6.07) is 6.80. The number of nitrogens with one attached hydrogen (secondary N) is 1. The lowest BCUT2D eigenvalue weighted by Gasteiger charge is -2.56. The summed E-state index contributed by atoms with van der Waals surface area (Å²) in [5.41, 5.74) is -0.773. The van der Waals surface area contributed by atoms with Crippen LogP contribution in [0.1, 0.15) is 36.5 Å². The molecule has 2 bridgehead atoms. The molecule has 9 heteroatoms. The van der Waals surface area contributed by atoms with Crippen molar-refractivity contribution < 1.29 is 27.1 Å². The van der Waals surface area contributed by atoms with Gasteiger partial charge in [-0.3, -0.25) is 4.79 Å². The van der Waals surface area contributed by atoms with Gasteiger partial charge < -0.3 is 10.4 Å². The zero-order chi connectivity index (χ0) is 21.8. The molecule has 2 aromatic rings. The summed E-state index contributed by atoms with van der Waals surface area (Å²) in [5.74, 6) is -2.98. The van der Waals surface area contributed by atoms with Gasteiger partial charge in [0.05, 0.1) is 20.8 Å². The zero-order valence-electron chi connectivity index (χ0n) is 16.0. The molecule has 5 nitrogen and oxygen atoms in total. The number of aliphatic hydroxyl groups is 1. The first kappa shape index (κ1) is 21.2. The van der Waals surface area contributed by atoms with Gasteiger partial charge in [0.1, 0.15) is 0 Å². The molecule has 0 aliphatic heterocycles. The standard InChI is InChI=1S/C21H20ClF2NO4S/c1-21(27)12-7-13(21)9-15(8-12)30(28,29)19-6-11(2-4-16(19)22)20(26)25-14-3-5-17(23)18(24)10-14/h2-6,10,12-13,15,27H,7-9H2,1H3,(H,25,26)/t12-,13?,15?,21-/m0/s1. The Balaban J connectivity index is 1.58. The van der Waals surface area contributed by atoms with E-state index in [0.717, 1.165) is 18.6 Å². The van der Waals surface area contributed by atoms with Crippen molar-refractivity contribution in [2.45, 2.75) is 41.9 Å². The third-order valence-electron chi connectivity index (χ3n) is 6.43. The molecule has 160 valence electrons. The van der Waals surface area contributed by atoms with Crippen LogP contribution in [0.15, 0.2) is 41.3 Å². The lowest BCUT2D eigenvalue weighted by Crippen LogP contribution is -2.60. The molecule has 2 N–H and O–H groups in total. The Morgan fingerprint density at radius 2 is 1.77 bits per heavy atom. The fourth-order valence-corrected chi connectivity index (χ4v) is 6.87. The average Bonchev–Trinajstić information content (AvgIpc) is 2.70. The second kappa shape index (κ2) is 7.28. The van der Waals surface area contributed by atoms with Gasteiger partial charge in [0, 0.05) is 17.3 Å². The van der Waals surface area contributed by atoms with E-state index in [-0.39, 0.29) is 33.0 Å². The van der Waals surface area contributed by atoms with Gasteiger partial charge in [0.25, 0.3) is 5.91 Å². The second-order valence-electron chi connectivity index (χ2n) is 8.22. The number of benzene rings is 2. The van der Waals surface area contributed by atoms with Gasteiger partial charge in [-0.15, -0.1) is 0 Å². The van der Waals surface area contributed by atoms with Gasteiger partial charge in [-0.05, 0) is 68.4 Å². The minimum atomic E-state index is -3.82. The monoisotopic (exact) mass is 455 g/mol. The van der Waals surface area contributed by atoms with E-state index in [4.69, 9.17) is 11.6 Å². The Morgan fingerprint density at radius 1 is 1.10 bits per heavy atom. The van der Waals surface area contributed by atoms with Crippen LogP contribution < -0.4 is 5.32 Å². The van der Waals surface area contributed by atoms with E-state index >= 15 is 0 Å². The first-order chi connectivity index (χ1) is 14.0. The molecular weight excluding hydrogens is 436 g/mol. The van der Waals surface area contributed by atoms with Crippen LogP contribution in [0.4, 0.5) is 14.5 Å². The van der Waals surface area contributed by atoms with Crippen molar-refractivity contribution in [1.82, 2.24) is 0 Å². The van der Waals surface area contributed by atoms with E-state index < -0.39 is 38.2 Å². The molecule has 1 amide bonds. The fourth-order valence-electron chi connectivity index (χ4n) is 4.47. The number of sulfone groups is 1. The number of carbonyl (C=O) groups excluding carboxylic acids is 1. The van der Waals surface area contributed by atoms with Crippen LogP contribution in [-0.2, 0) is 9.84 Å². The summed E-state index contributed by atoms with van der Waals surface area (Å²) in [6.45, 7) is 1.74. The first-order valence-corrected chi connectivity index (χ1v) is 11.4. The summed E-state index contributed by atoms with van der Waals surface area (Å²) < 4.78 is 52.8. The van der Waals surface area contributed by atoms with Gasteiger partial charge in [0.15, 0.2) is 21.5 Å². The summed E-state index contributed by atoms with van der Waals surface area (Å²) in [4.78, 5) is 12.4.